The van der Waals surface area contributed by atoms with Crippen LogP contribution in [0.25, 0.3) is 0 Å². The summed E-state index contributed by atoms with van der Waals surface area (Å²) in [5.41, 5.74) is 0. The zero-order valence-electron chi connectivity index (χ0n) is 14.4. The van der Waals surface area contributed by atoms with Crippen LogP contribution in [-0.2, 0) is 19.6 Å². The Balaban J connectivity index is 1.44. The predicted octanol–water partition coefficient (Wildman–Crippen LogP) is 1.77. The van der Waals surface area contributed by atoms with E-state index in [1.165, 1.54) is 4.31 Å². The first-order chi connectivity index (χ1) is 12.1. The molecule has 2 aliphatic heterocycles. The summed E-state index contributed by atoms with van der Waals surface area (Å²) in [6, 6.07) is 8.52. The van der Waals surface area contributed by atoms with Crippen LogP contribution in [0.1, 0.15) is 32.1 Å². The molecule has 0 spiro atoms. The summed E-state index contributed by atoms with van der Waals surface area (Å²) >= 11 is 0. The molecule has 3 rings (SSSR count). The minimum absolute atomic E-state index is 0.0415. The third-order valence-corrected chi connectivity index (χ3v) is 6.89. The number of carbonyl (C=O) groups excluding carboxylic acids is 1. The average Bonchev–Trinajstić information content (AvgIpc) is 3.15. The maximum Gasteiger partial charge on any atom is 0.243 e. The first-order valence-corrected chi connectivity index (χ1v) is 10.4. The van der Waals surface area contributed by atoms with E-state index in [1.54, 1.807) is 30.3 Å². The van der Waals surface area contributed by atoms with Crippen molar-refractivity contribution in [2.24, 2.45) is 5.92 Å². The lowest BCUT2D eigenvalue weighted by Gasteiger charge is -2.31. The molecule has 0 radical (unpaired) electrons. The summed E-state index contributed by atoms with van der Waals surface area (Å²) in [6.45, 7) is 2.32. The summed E-state index contributed by atoms with van der Waals surface area (Å²) in [5.74, 6) is 0.284. The van der Waals surface area contributed by atoms with Gasteiger partial charge in [-0.2, -0.15) is 4.31 Å². The van der Waals surface area contributed by atoms with Crippen molar-refractivity contribution in [3.05, 3.63) is 30.3 Å². The normalized spacial score (nSPS) is 22.8. The van der Waals surface area contributed by atoms with Crippen LogP contribution in [0.3, 0.4) is 0 Å². The van der Waals surface area contributed by atoms with E-state index in [4.69, 9.17) is 4.74 Å². The van der Waals surface area contributed by atoms with Gasteiger partial charge in [-0.25, -0.2) is 8.42 Å². The molecule has 1 aromatic rings. The fourth-order valence-corrected chi connectivity index (χ4v) is 4.95. The predicted molar refractivity (Wildman–Crippen MR) is 94.5 cm³/mol. The Labute approximate surface area is 149 Å². The largest absolute Gasteiger partial charge is 0.376 e. The molecule has 0 bridgehead atoms. The number of amides is 1. The first kappa shape index (κ1) is 18.4. The molecule has 138 valence electrons. The number of nitrogens with one attached hydrogen (secondary N) is 1. The number of nitrogens with zero attached hydrogens (tertiary/aromatic N) is 1. The van der Waals surface area contributed by atoms with Crippen LogP contribution in [0.15, 0.2) is 35.2 Å². The smallest absolute Gasteiger partial charge is 0.243 e. The SMILES string of the molecule is O=C(CC1CCN(S(=O)(=O)c2ccccc2)CC1)NCC1CCCO1. The Hall–Kier alpha value is -1.44. The van der Waals surface area contributed by atoms with E-state index in [0.717, 1.165) is 32.3 Å². The highest BCUT2D eigenvalue weighted by Crippen LogP contribution is 2.25. The number of piperidine rings is 1. The van der Waals surface area contributed by atoms with Crippen LogP contribution in [0, 0.1) is 5.92 Å². The van der Waals surface area contributed by atoms with E-state index in [9.17, 15) is 13.2 Å². The number of ether oxygens (including phenoxy) is 1. The fourth-order valence-electron chi connectivity index (χ4n) is 3.46. The van der Waals surface area contributed by atoms with Gasteiger partial charge in [-0.1, -0.05) is 18.2 Å². The second kappa shape index (κ2) is 8.29. The van der Waals surface area contributed by atoms with Crippen molar-refractivity contribution >= 4 is 15.9 Å². The van der Waals surface area contributed by atoms with E-state index in [0.29, 0.717) is 31.0 Å². The molecule has 1 aromatic carbocycles. The van der Waals surface area contributed by atoms with Gasteiger partial charge in [-0.05, 0) is 43.7 Å². The van der Waals surface area contributed by atoms with Crippen LogP contribution in [0.2, 0.25) is 0 Å². The molecule has 1 amide bonds. The summed E-state index contributed by atoms with van der Waals surface area (Å²) < 4.78 is 32.2. The molecule has 25 heavy (non-hydrogen) atoms. The molecule has 1 N–H and O–H groups in total. The molecule has 0 aliphatic carbocycles. The van der Waals surface area contributed by atoms with Gasteiger partial charge in [0.2, 0.25) is 15.9 Å². The highest BCUT2D eigenvalue weighted by Gasteiger charge is 2.30. The minimum atomic E-state index is -3.42. The van der Waals surface area contributed by atoms with Crippen LogP contribution in [0.5, 0.6) is 0 Å². The zero-order valence-corrected chi connectivity index (χ0v) is 15.2. The molecule has 2 aliphatic rings. The van der Waals surface area contributed by atoms with E-state index < -0.39 is 10.0 Å². The number of sulfonamides is 1. The molecular weight excluding hydrogens is 340 g/mol. The third kappa shape index (κ3) is 4.80. The molecule has 2 fully saturated rings. The van der Waals surface area contributed by atoms with E-state index in [2.05, 4.69) is 5.32 Å². The Bertz CT molecular complexity index is 664. The lowest BCUT2D eigenvalue weighted by molar-refractivity contribution is -0.122. The quantitative estimate of drug-likeness (QED) is 0.833. The van der Waals surface area contributed by atoms with Gasteiger partial charge in [-0.15, -0.1) is 0 Å². The Morgan fingerprint density at radius 2 is 1.88 bits per heavy atom. The monoisotopic (exact) mass is 366 g/mol. The van der Waals surface area contributed by atoms with Crippen LogP contribution in [-0.4, -0.2) is 51.0 Å². The summed E-state index contributed by atoms with van der Waals surface area (Å²) in [6.07, 6.45) is 4.14. The van der Waals surface area contributed by atoms with Gasteiger partial charge < -0.3 is 10.1 Å². The molecule has 2 heterocycles. The highest BCUT2D eigenvalue weighted by molar-refractivity contribution is 7.89. The van der Waals surface area contributed by atoms with Crippen molar-refractivity contribution in [2.45, 2.75) is 43.1 Å². The topological polar surface area (TPSA) is 75.7 Å². The summed E-state index contributed by atoms with van der Waals surface area (Å²) in [7, 11) is -3.42. The molecular formula is C18H26N2O4S. The van der Waals surface area contributed by atoms with E-state index >= 15 is 0 Å². The minimum Gasteiger partial charge on any atom is -0.376 e. The molecule has 2 saturated heterocycles. The highest BCUT2D eigenvalue weighted by atomic mass is 32.2. The maximum absolute atomic E-state index is 12.6. The van der Waals surface area contributed by atoms with Gasteiger partial charge >= 0.3 is 0 Å². The maximum atomic E-state index is 12.6. The Kier molecular flexibility index (Phi) is 6.09. The number of benzene rings is 1. The first-order valence-electron chi connectivity index (χ1n) is 8.99. The van der Waals surface area contributed by atoms with Gasteiger partial charge in [0.15, 0.2) is 0 Å². The van der Waals surface area contributed by atoms with Crippen molar-refractivity contribution in [1.29, 1.82) is 0 Å². The molecule has 6 nitrogen and oxygen atoms in total. The Morgan fingerprint density at radius 3 is 2.52 bits per heavy atom. The summed E-state index contributed by atoms with van der Waals surface area (Å²) in [4.78, 5) is 12.4. The van der Waals surface area contributed by atoms with Gasteiger partial charge in [0.1, 0.15) is 0 Å². The third-order valence-electron chi connectivity index (χ3n) is 4.98. The van der Waals surface area contributed by atoms with Crippen molar-refractivity contribution in [1.82, 2.24) is 9.62 Å². The van der Waals surface area contributed by atoms with Crippen molar-refractivity contribution in [3.63, 3.8) is 0 Å². The standard InChI is InChI=1S/C18H26N2O4S/c21-18(19-14-16-5-4-12-24-16)13-15-8-10-20(11-9-15)25(22,23)17-6-2-1-3-7-17/h1-3,6-7,15-16H,4-5,8-14H2,(H,19,21). The second-order valence-corrected chi connectivity index (χ2v) is 8.74. The number of carbonyl (C=O) groups is 1. The second-order valence-electron chi connectivity index (χ2n) is 6.80. The van der Waals surface area contributed by atoms with E-state index in [-0.39, 0.29) is 17.9 Å². The van der Waals surface area contributed by atoms with Crippen molar-refractivity contribution in [3.8, 4) is 0 Å². The van der Waals surface area contributed by atoms with Crippen molar-refractivity contribution in [2.75, 3.05) is 26.2 Å². The number of rotatable bonds is 6. The number of hydrogen-bond donors (Lipinski definition) is 1. The van der Waals surface area contributed by atoms with Gasteiger partial charge in [-0.3, -0.25) is 4.79 Å². The molecule has 0 saturated carbocycles. The number of hydrogen-bond acceptors (Lipinski definition) is 4. The lowest BCUT2D eigenvalue weighted by Crippen LogP contribution is -2.40. The Morgan fingerprint density at radius 1 is 1.16 bits per heavy atom. The van der Waals surface area contributed by atoms with E-state index in [1.807, 2.05) is 0 Å². The fraction of sp³-hybridized carbons (Fsp3) is 0.611. The van der Waals surface area contributed by atoms with Crippen LogP contribution in [0.4, 0.5) is 0 Å². The average molecular weight is 366 g/mol. The van der Waals surface area contributed by atoms with Crippen LogP contribution >= 0.6 is 0 Å². The van der Waals surface area contributed by atoms with Gasteiger partial charge in [0.25, 0.3) is 0 Å². The zero-order chi connectivity index (χ0) is 17.7. The lowest BCUT2D eigenvalue weighted by atomic mass is 9.94. The summed E-state index contributed by atoms with van der Waals surface area (Å²) in [5, 5.41) is 2.94. The van der Waals surface area contributed by atoms with Crippen molar-refractivity contribution < 1.29 is 17.9 Å². The van der Waals surface area contributed by atoms with Gasteiger partial charge in [0, 0.05) is 32.7 Å². The molecule has 1 atom stereocenters. The molecule has 1 unspecified atom stereocenters. The molecule has 0 aromatic heterocycles. The molecule has 7 heteroatoms. The van der Waals surface area contributed by atoms with Crippen LogP contribution < -0.4 is 5.32 Å². The van der Waals surface area contributed by atoms with Gasteiger partial charge in [0.05, 0.1) is 11.0 Å².